The van der Waals surface area contributed by atoms with Crippen molar-refractivity contribution >= 4 is 0 Å². The Morgan fingerprint density at radius 1 is 1.13 bits per heavy atom. The van der Waals surface area contributed by atoms with Crippen LogP contribution in [0.25, 0.3) is 0 Å². The minimum atomic E-state index is 0.0672. The number of aromatic nitrogens is 1. The number of hydrogen-bond donors (Lipinski definition) is 0. The van der Waals surface area contributed by atoms with Gasteiger partial charge in [0.15, 0.2) is 5.43 Å². The Morgan fingerprint density at radius 3 is 2.47 bits per heavy atom. The number of rotatable bonds is 3. The topological polar surface area (TPSA) is 34.5 Å². The molecule has 1 aromatic heterocycles. The zero-order chi connectivity index (χ0) is 10.5. The maximum Gasteiger partial charge on any atom is 0.181 e. The molecule has 1 aliphatic rings. The maximum absolute atomic E-state index is 10.9. The Labute approximate surface area is 89.1 Å². The van der Waals surface area contributed by atoms with E-state index in [2.05, 4.69) is 4.90 Å². The van der Waals surface area contributed by atoms with Crippen molar-refractivity contribution in [2.45, 2.75) is 6.54 Å². The third-order valence-electron chi connectivity index (χ3n) is 2.64. The molecule has 0 aliphatic carbocycles. The van der Waals surface area contributed by atoms with Gasteiger partial charge in [0.25, 0.3) is 0 Å². The van der Waals surface area contributed by atoms with Crippen molar-refractivity contribution in [3.63, 3.8) is 0 Å². The lowest BCUT2D eigenvalue weighted by Gasteiger charge is -2.26. The molecule has 2 rings (SSSR count). The van der Waals surface area contributed by atoms with Crippen LogP contribution in [0.1, 0.15) is 0 Å². The molecule has 1 fully saturated rings. The van der Waals surface area contributed by atoms with Crippen LogP contribution in [0.4, 0.5) is 0 Å². The molecule has 0 N–H and O–H groups in total. The minimum Gasteiger partial charge on any atom is -0.379 e. The van der Waals surface area contributed by atoms with E-state index in [1.54, 1.807) is 12.1 Å². The minimum absolute atomic E-state index is 0.0672. The van der Waals surface area contributed by atoms with Crippen LogP contribution in [0, 0.1) is 0 Å². The molecule has 1 saturated heterocycles. The predicted octanol–water partition coefficient (Wildman–Crippen LogP) is 0.180. The molecule has 0 atom stereocenters. The molecule has 82 valence electrons. The average Bonchev–Trinajstić information content (AvgIpc) is 2.30. The van der Waals surface area contributed by atoms with Gasteiger partial charge in [0, 0.05) is 50.7 Å². The van der Waals surface area contributed by atoms with Crippen molar-refractivity contribution in [2.24, 2.45) is 0 Å². The highest BCUT2D eigenvalue weighted by Gasteiger charge is 2.08. The van der Waals surface area contributed by atoms with E-state index in [-0.39, 0.29) is 5.43 Å². The van der Waals surface area contributed by atoms with E-state index < -0.39 is 0 Å². The summed E-state index contributed by atoms with van der Waals surface area (Å²) >= 11 is 0. The Morgan fingerprint density at radius 2 is 1.80 bits per heavy atom. The number of ether oxygens (including phenoxy) is 1. The summed E-state index contributed by atoms with van der Waals surface area (Å²) < 4.78 is 7.32. The van der Waals surface area contributed by atoms with Crippen LogP contribution >= 0.6 is 0 Å². The summed E-state index contributed by atoms with van der Waals surface area (Å²) in [5, 5.41) is 0. The molecule has 0 saturated carbocycles. The molecular weight excluding hydrogens is 192 g/mol. The average molecular weight is 208 g/mol. The Balaban J connectivity index is 1.81. The number of morpholine rings is 1. The van der Waals surface area contributed by atoms with Gasteiger partial charge in [-0.15, -0.1) is 0 Å². The third-order valence-corrected chi connectivity index (χ3v) is 2.64. The zero-order valence-corrected chi connectivity index (χ0v) is 8.76. The second-order valence-corrected chi connectivity index (χ2v) is 3.73. The molecule has 1 aliphatic heterocycles. The third kappa shape index (κ3) is 3.18. The molecule has 4 heteroatoms. The van der Waals surface area contributed by atoms with Gasteiger partial charge < -0.3 is 9.30 Å². The van der Waals surface area contributed by atoms with E-state index in [0.29, 0.717) is 0 Å². The summed E-state index contributed by atoms with van der Waals surface area (Å²) in [7, 11) is 0. The molecule has 0 amide bonds. The number of hydrogen-bond acceptors (Lipinski definition) is 3. The maximum atomic E-state index is 10.9. The monoisotopic (exact) mass is 208 g/mol. The molecule has 2 heterocycles. The lowest BCUT2D eigenvalue weighted by Crippen LogP contribution is -2.38. The van der Waals surface area contributed by atoms with Crippen molar-refractivity contribution < 1.29 is 4.74 Å². The van der Waals surface area contributed by atoms with Crippen LogP contribution in [0.3, 0.4) is 0 Å². The lowest BCUT2D eigenvalue weighted by molar-refractivity contribution is 0.0364. The van der Waals surface area contributed by atoms with E-state index in [1.165, 1.54) is 0 Å². The first-order valence-electron chi connectivity index (χ1n) is 5.31. The van der Waals surface area contributed by atoms with E-state index in [1.807, 2.05) is 17.0 Å². The van der Waals surface area contributed by atoms with Gasteiger partial charge >= 0.3 is 0 Å². The molecular formula is C11H16N2O2. The van der Waals surface area contributed by atoms with Gasteiger partial charge in [-0.1, -0.05) is 0 Å². The van der Waals surface area contributed by atoms with Gasteiger partial charge in [-0.2, -0.15) is 0 Å². The van der Waals surface area contributed by atoms with E-state index in [4.69, 9.17) is 4.74 Å². The van der Waals surface area contributed by atoms with Crippen molar-refractivity contribution in [3.05, 3.63) is 34.7 Å². The van der Waals surface area contributed by atoms with Gasteiger partial charge in [0.1, 0.15) is 0 Å². The highest BCUT2D eigenvalue weighted by molar-refractivity contribution is 4.93. The molecule has 0 spiro atoms. The summed E-state index contributed by atoms with van der Waals surface area (Å²) in [6.45, 7) is 5.65. The summed E-state index contributed by atoms with van der Waals surface area (Å²) in [5.74, 6) is 0. The van der Waals surface area contributed by atoms with Gasteiger partial charge in [-0.25, -0.2) is 0 Å². The van der Waals surface area contributed by atoms with Crippen LogP contribution in [-0.2, 0) is 11.3 Å². The van der Waals surface area contributed by atoms with Crippen LogP contribution in [0.2, 0.25) is 0 Å². The fourth-order valence-electron chi connectivity index (χ4n) is 1.67. The summed E-state index contributed by atoms with van der Waals surface area (Å²) in [6, 6.07) is 3.19. The summed E-state index contributed by atoms with van der Waals surface area (Å²) in [6.07, 6.45) is 3.67. The van der Waals surface area contributed by atoms with Crippen LogP contribution in [0.15, 0.2) is 29.3 Å². The van der Waals surface area contributed by atoms with Crippen molar-refractivity contribution in [1.29, 1.82) is 0 Å². The molecule has 0 unspecified atom stereocenters. The fraction of sp³-hybridized carbons (Fsp3) is 0.545. The first-order chi connectivity index (χ1) is 7.34. The number of pyridine rings is 1. The largest absolute Gasteiger partial charge is 0.379 e. The Hall–Kier alpha value is -1.13. The summed E-state index contributed by atoms with van der Waals surface area (Å²) in [5.41, 5.74) is 0.0672. The fourth-order valence-corrected chi connectivity index (χ4v) is 1.67. The Kier molecular flexibility index (Phi) is 3.53. The summed E-state index contributed by atoms with van der Waals surface area (Å²) in [4.78, 5) is 13.3. The molecule has 0 aromatic carbocycles. The molecule has 4 nitrogen and oxygen atoms in total. The first kappa shape index (κ1) is 10.4. The lowest BCUT2D eigenvalue weighted by atomic mass is 10.4. The SMILES string of the molecule is O=c1ccn(CCN2CCOCC2)cc1. The molecule has 0 bridgehead atoms. The van der Waals surface area contributed by atoms with E-state index in [9.17, 15) is 4.79 Å². The Bertz CT molecular complexity index is 335. The van der Waals surface area contributed by atoms with Crippen LogP contribution in [-0.4, -0.2) is 42.3 Å². The standard InChI is InChI=1S/C11H16N2O2/c14-11-1-3-12(4-2-11)5-6-13-7-9-15-10-8-13/h1-4H,5-10H2. The molecule has 0 radical (unpaired) electrons. The zero-order valence-electron chi connectivity index (χ0n) is 8.76. The highest BCUT2D eigenvalue weighted by atomic mass is 16.5. The first-order valence-corrected chi connectivity index (χ1v) is 5.31. The highest BCUT2D eigenvalue weighted by Crippen LogP contribution is 1.97. The van der Waals surface area contributed by atoms with Crippen LogP contribution in [0.5, 0.6) is 0 Å². The predicted molar refractivity (Wildman–Crippen MR) is 58.0 cm³/mol. The van der Waals surface area contributed by atoms with E-state index >= 15 is 0 Å². The van der Waals surface area contributed by atoms with Gasteiger partial charge in [-0.05, 0) is 0 Å². The van der Waals surface area contributed by atoms with Gasteiger partial charge in [-0.3, -0.25) is 9.69 Å². The second kappa shape index (κ2) is 5.09. The number of nitrogens with zero attached hydrogens (tertiary/aromatic N) is 2. The second-order valence-electron chi connectivity index (χ2n) is 3.73. The molecule has 15 heavy (non-hydrogen) atoms. The van der Waals surface area contributed by atoms with E-state index in [0.717, 1.165) is 39.4 Å². The van der Waals surface area contributed by atoms with Crippen molar-refractivity contribution in [2.75, 3.05) is 32.8 Å². The van der Waals surface area contributed by atoms with Gasteiger partial charge in [0.2, 0.25) is 0 Å². The molecule has 1 aromatic rings. The quantitative estimate of drug-likeness (QED) is 0.710. The van der Waals surface area contributed by atoms with Crippen molar-refractivity contribution in [3.8, 4) is 0 Å². The van der Waals surface area contributed by atoms with Crippen molar-refractivity contribution in [1.82, 2.24) is 9.47 Å². The van der Waals surface area contributed by atoms with Gasteiger partial charge in [0.05, 0.1) is 13.2 Å². The normalized spacial score (nSPS) is 17.9. The smallest absolute Gasteiger partial charge is 0.181 e. The van der Waals surface area contributed by atoms with Crippen LogP contribution < -0.4 is 5.43 Å².